The van der Waals surface area contributed by atoms with Gasteiger partial charge in [-0.1, -0.05) is 18.9 Å². The average molecular weight is 523 g/mol. The molecule has 0 unspecified atom stereocenters. The summed E-state index contributed by atoms with van der Waals surface area (Å²) in [6.07, 6.45) is 9.34. The fourth-order valence-electron chi connectivity index (χ4n) is 5.33. The topological polar surface area (TPSA) is 99.3 Å². The maximum atomic E-state index is 13.7. The number of pyridine rings is 2. The maximum absolute atomic E-state index is 13.7. The number of nitrogens with zero attached hydrogens (tertiary/aromatic N) is 3. The first kappa shape index (κ1) is 22.8. The number of benzene rings is 1. The van der Waals surface area contributed by atoms with E-state index in [1.807, 2.05) is 30.3 Å². The van der Waals surface area contributed by atoms with Crippen molar-refractivity contribution < 1.29 is 9.18 Å². The highest BCUT2D eigenvalue weighted by Crippen LogP contribution is 2.36. The van der Waals surface area contributed by atoms with Gasteiger partial charge in [-0.2, -0.15) is 9.49 Å². The van der Waals surface area contributed by atoms with Gasteiger partial charge in [0.1, 0.15) is 11.3 Å². The highest BCUT2D eigenvalue weighted by Gasteiger charge is 2.23. The molecule has 0 bridgehead atoms. The minimum absolute atomic E-state index is 0.0751. The van der Waals surface area contributed by atoms with E-state index in [-0.39, 0.29) is 17.0 Å². The Labute approximate surface area is 221 Å². The van der Waals surface area contributed by atoms with Gasteiger partial charge in [-0.15, -0.1) is 11.3 Å². The molecule has 6 aromatic rings. The third-order valence-corrected chi connectivity index (χ3v) is 8.16. The molecular weight excluding hydrogens is 499 g/mol. The number of hydrogen-bond donors (Lipinski definition) is 3. The van der Waals surface area contributed by atoms with E-state index in [1.165, 1.54) is 6.07 Å². The second-order valence-electron chi connectivity index (χ2n) is 9.67. The van der Waals surface area contributed by atoms with Crippen LogP contribution in [-0.4, -0.2) is 31.1 Å². The summed E-state index contributed by atoms with van der Waals surface area (Å²) in [6.45, 7) is 0. The molecule has 0 saturated heterocycles. The lowest BCUT2D eigenvalue weighted by atomic mass is 10.0. The van der Waals surface area contributed by atoms with Crippen molar-refractivity contribution in [3.05, 3.63) is 72.3 Å². The molecule has 5 heterocycles. The monoisotopic (exact) mass is 522 g/mol. The molecule has 7 nitrogen and oxygen atoms in total. The molecule has 1 amide bonds. The van der Waals surface area contributed by atoms with Gasteiger partial charge < -0.3 is 10.3 Å². The van der Waals surface area contributed by atoms with Gasteiger partial charge in [-0.25, -0.2) is 4.98 Å². The molecule has 1 aliphatic carbocycles. The Balaban J connectivity index is 1.24. The van der Waals surface area contributed by atoms with Crippen LogP contribution in [0.3, 0.4) is 0 Å². The molecule has 3 N–H and O–H groups in total. The molecule has 0 atom stereocenters. The van der Waals surface area contributed by atoms with Crippen LogP contribution < -0.4 is 5.32 Å². The van der Waals surface area contributed by atoms with Gasteiger partial charge in [0.2, 0.25) is 5.91 Å². The van der Waals surface area contributed by atoms with Crippen LogP contribution in [0, 0.1) is 11.0 Å². The number of fused-ring (bicyclic) bond motifs is 2. The smallest absolute Gasteiger partial charge is 0.227 e. The summed E-state index contributed by atoms with van der Waals surface area (Å²) in [5, 5.41) is 12.4. The van der Waals surface area contributed by atoms with Crippen LogP contribution in [0.15, 0.2) is 67.1 Å². The Kier molecular flexibility index (Phi) is 5.51. The highest BCUT2D eigenvalue weighted by atomic mass is 32.1. The summed E-state index contributed by atoms with van der Waals surface area (Å²) in [6, 6.07) is 15.2. The van der Waals surface area contributed by atoms with E-state index in [1.54, 1.807) is 24.7 Å². The molecule has 1 aromatic carbocycles. The van der Waals surface area contributed by atoms with Crippen molar-refractivity contribution in [1.29, 1.82) is 0 Å². The Morgan fingerprint density at radius 1 is 1.00 bits per heavy atom. The minimum atomic E-state index is -0.219. The largest absolute Gasteiger partial charge is 0.338 e. The fourth-order valence-corrected chi connectivity index (χ4v) is 6.10. The molecule has 9 heteroatoms. The number of H-pyrrole nitrogens is 2. The van der Waals surface area contributed by atoms with Gasteiger partial charge in [0.05, 0.1) is 23.1 Å². The molecule has 38 heavy (non-hydrogen) atoms. The number of anilines is 1. The Hall–Kier alpha value is -4.37. The van der Waals surface area contributed by atoms with Crippen molar-refractivity contribution in [1.82, 2.24) is 25.1 Å². The number of hydrogen-bond acceptors (Lipinski definition) is 5. The van der Waals surface area contributed by atoms with Gasteiger partial charge in [-0.05, 0) is 60.9 Å². The van der Waals surface area contributed by atoms with Crippen LogP contribution in [0.5, 0.6) is 0 Å². The Morgan fingerprint density at radius 2 is 1.89 bits per heavy atom. The number of carbonyl (C=O) groups is 1. The molecular formula is C29H23FN6OS. The van der Waals surface area contributed by atoms with E-state index >= 15 is 0 Å². The SMILES string of the molecule is O=C(Nc1cncc(-c2ccc3[nH]nc(-c4cc5c(-c6ccc(F)s6)ccnc5[nH]4)c3c2)c1)C1CCCC1. The standard InChI is InChI=1S/C29H23FN6OS/c30-26-8-7-25(38-26)20-9-10-32-28-21(20)13-24(34-28)27-22-12-17(5-6-23(22)35-36-27)18-11-19(15-31-14-18)33-29(37)16-3-1-2-4-16/h5-16H,1-4H2,(H,32,34)(H,33,37)(H,35,36). The number of aromatic nitrogens is 5. The molecule has 0 aliphatic heterocycles. The number of halogens is 1. The second-order valence-corrected chi connectivity index (χ2v) is 10.7. The van der Waals surface area contributed by atoms with E-state index in [0.717, 1.165) is 86.3 Å². The maximum Gasteiger partial charge on any atom is 0.227 e. The first-order chi connectivity index (χ1) is 18.6. The molecule has 188 valence electrons. The normalized spacial score (nSPS) is 14.0. The zero-order chi connectivity index (χ0) is 25.6. The summed E-state index contributed by atoms with van der Waals surface area (Å²) >= 11 is 1.11. The average Bonchev–Trinajstić information content (AvgIpc) is 3.74. The molecule has 7 rings (SSSR count). The van der Waals surface area contributed by atoms with E-state index in [0.29, 0.717) is 11.3 Å². The zero-order valence-electron chi connectivity index (χ0n) is 20.3. The van der Waals surface area contributed by atoms with Crippen LogP contribution in [-0.2, 0) is 4.79 Å². The summed E-state index contributed by atoms with van der Waals surface area (Å²) in [5.41, 5.74) is 6.69. The molecule has 1 saturated carbocycles. The van der Waals surface area contributed by atoms with Crippen LogP contribution in [0.1, 0.15) is 25.7 Å². The van der Waals surface area contributed by atoms with Crippen molar-refractivity contribution in [2.75, 3.05) is 5.32 Å². The van der Waals surface area contributed by atoms with Crippen LogP contribution in [0.4, 0.5) is 10.1 Å². The summed E-state index contributed by atoms with van der Waals surface area (Å²) in [5.74, 6) is 0.166. The zero-order valence-corrected chi connectivity index (χ0v) is 21.1. The number of aromatic amines is 2. The molecule has 1 aliphatic rings. The predicted molar refractivity (Wildman–Crippen MR) is 148 cm³/mol. The number of carbonyl (C=O) groups excluding carboxylic acids is 1. The van der Waals surface area contributed by atoms with E-state index in [9.17, 15) is 9.18 Å². The number of thiophene rings is 1. The predicted octanol–water partition coefficient (Wildman–Crippen LogP) is 7.16. The third-order valence-electron chi connectivity index (χ3n) is 7.25. The van der Waals surface area contributed by atoms with E-state index in [4.69, 9.17) is 0 Å². The van der Waals surface area contributed by atoms with Gasteiger partial charge in [0.15, 0.2) is 5.13 Å². The van der Waals surface area contributed by atoms with Gasteiger partial charge in [0, 0.05) is 45.1 Å². The number of rotatable bonds is 5. The number of nitrogens with one attached hydrogen (secondary N) is 3. The second kappa shape index (κ2) is 9.18. The van der Waals surface area contributed by atoms with E-state index in [2.05, 4.69) is 36.5 Å². The first-order valence-electron chi connectivity index (χ1n) is 12.6. The van der Waals surface area contributed by atoms with E-state index < -0.39 is 0 Å². The van der Waals surface area contributed by atoms with Crippen molar-refractivity contribution in [3.63, 3.8) is 0 Å². The lowest BCUT2D eigenvalue weighted by molar-refractivity contribution is -0.119. The quantitative estimate of drug-likeness (QED) is 0.224. The lowest BCUT2D eigenvalue weighted by Gasteiger charge is -2.11. The minimum Gasteiger partial charge on any atom is -0.338 e. The van der Waals surface area contributed by atoms with Crippen LogP contribution in [0.25, 0.3) is 54.9 Å². The van der Waals surface area contributed by atoms with Crippen molar-refractivity contribution in [2.24, 2.45) is 5.92 Å². The number of amides is 1. The molecule has 0 spiro atoms. The third kappa shape index (κ3) is 4.05. The van der Waals surface area contributed by atoms with Crippen molar-refractivity contribution >= 4 is 44.9 Å². The highest BCUT2D eigenvalue weighted by molar-refractivity contribution is 7.14. The van der Waals surface area contributed by atoms with Gasteiger partial charge in [-0.3, -0.25) is 14.9 Å². The summed E-state index contributed by atoms with van der Waals surface area (Å²) < 4.78 is 13.7. The van der Waals surface area contributed by atoms with Gasteiger partial charge >= 0.3 is 0 Å². The molecule has 1 fully saturated rings. The fraction of sp³-hybridized carbons (Fsp3) is 0.172. The Bertz CT molecular complexity index is 1810. The van der Waals surface area contributed by atoms with Crippen molar-refractivity contribution in [3.8, 4) is 33.0 Å². The van der Waals surface area contributed by atoms with Crippen LogP contribution in [0.2, 0.25) is 0 Å². The van der Waals surface area contributed by atoms with Crippen LogP contribution >= 0.6 is 11.3 Å². The van der Waals surface area contributed by atoms with Gasteiger partial charge in [0.25, 0.3) is 0 Å². The summed E-state index contributed by atoms with van der Waals surface area (Å²) in [4.78, 5) is 25.7. The Morgan fingerprint density at radius 3 is 2.74 bits per heavy atom. The first-order valence-corrected chi connectivity index (χ1v) is 13.4. The van der Waals surface area contributed by atoms with Crippen molar-refractivity contribution in [2.45, 2.75) is 25.7 Å². The summed E-state index contributed by atoms with van der Waals surface area (Å²) in [7, 11) is 0. The molecule has 5 aromatic heterocycles. The lowest BCUT2D eigenvalue weighted by Crippen LogP contribution is -2.20. The molecule has 0 radical (unpaired) electrons.